The summed E-state index contributed by atoms with van der Waals surface area (Å²) in [6.07, 6.45) is 0. The maximum atomic E-state index is 4.86. The Labute approximate surface area is 62.1 Å². The van der Waals surface area contributed by atoms with Gasteiger partial charge in [0.1, 0.15) is 19.5 Å². The molecule has 0 amide bonds. The van der Waals surface area contributed by atoms with Gasteiger partial charge in [-0.3, -0.25) is 0 Å². The van der Waals surface area contributed by atoms with Crippen LogP contribution in [0.3, 0.4) is 0 Å². The van der Waals surface area contributed by atoms with Gasteiger partial charge in [0.05, 0.1) is 12.7 Å². The van der Waals surface area contributed by atoms with E-state index in [1.165, 1.54) is 0 Å². The Morgan fingerprint density at radius 1 is 1.50 bits per heavy atom. The third kappa shape index (κ3) is 3.07. The number of hydrogen-bond donors (Lipinski definition) is 0. The van der Waals surface area contributed by atoms with Crippen molar-refractivity contribution in [3.05, 3.63) is 24.5 Å². The molecule has 0 unspecified atom stereocenters. The molecule has 0 atom stereocenters. The van der Waals surface area contributed by atoms with Gasteiger partial charge in [-0.05, 0) is 0 Å². The van der Waals surface area contributed by atoms with Crippen LogP contribution in [0.15, 0.2) is 24.5 Å². The lowest BCUT2D eigenvalue weighted by atomic mass is 10.2. The molecule has 0 aliphatic rings. The van der Waals surface area contributed by atoms with Gasteiger partial charge in [-0.25, -0.2) is 4.58 Å². The van der Waals surface area contributed by atoms with E-state index in [0.29, 0.717) is 12.3 Å². The van der Waals surface area contributed by atoms with Crippen molar-refractivity contribution in [2.24, 2.45) is 0 Å². The Bertz CT molecular complexity index is 170. The summed E-state index contributed by atoms with van der Waals surface area (Å²) >= 11 is 0. The van der Waals surface area contributed by atoms with Crippen molar-refractivity contribution in [3.8, 4) is 0 Å². The second-order valence-electron chi connectivity index (χ2n) is 2.25. The van der Waals surface area contributed by atoms with Crippen LogP contribution in [-0.2, 0) is 4.74 Å². The number of ether oxygens (including phenoxy) is 1. The lowest BCUT2D eigenvalue weighted by Gasteiger charge is -2.03. The van der Waals surface area contributed by atoms with Crippen molar-refractivity contribution < 1.29 is 9.31 Å². The Hall–Kier alpha value is -1.05. The number of methoxy groups -OCH3 is 1. The van der Waals surface area contributed by atoms with Crippen molar-refractivity contribution in [1.29, 1.82) is 0 Å². The first-order valence-electron chi connectivity index (χ1n) is 3.00. The SMILES string of the molecule is C=C(C[N+](=C)C)C(=C)OC. The molecule has 2 heteroatoms. The molecule has 0 rings (SSSR count). The fourth-order valence-corrected chi connectivity index (χ4v) is 0.558. The average molecular weight is 140 g/mol. The largest absolute Gasteiger partial charge is 0.497 e. The standard InChI is InChI=1S/C8H14NO/c1-7(6-9(3)4)8(2)10-5/h1-3,6H2,4-5H3/q+1. The van der Waals surface area contributed by atoms with E-state index in [0.717, 1.165) is 5.57 Å². The van der Waals surface area contributed by atoms with Crippen molar-refractivity contribution in [2.45, 2.75) is 0 Å². The van der Waals surface area contributed by atoms with Crippen LogP contribution < -0.4 is 0 Å². The van der Waals surface area contributed by atoms with Crippen molar-refractivity contribution in [2.75, 3.05) is 20.7 Å². The summed E-state index contributed by atoms with van der Waals surface area (Å²) in [6.45, 7) is 11.8. The second kappa shape index (κ2) is 3.88. The molecule has 0 saturated heterocycles. The highest BCUT2D eigenvalue weighted by Crippen LogP contribution is 2.03. The van der Waals surface area contributed by atoms with Gasteiger partial charge >= 0.3 is 0 Å². The molecule has 0 aromatic rings. The van der Waals surface area contributed by atoms with Crippen LogP contribution in [0.1, 0.15) is 0 Å². The first-order chi connectivity index (χ1) is 4.57. The molecule has 0 heterocycles. The minimum atomic E-state index is 0.621. The molecule has 0 aliphatic heterocycles. The molecular weight excluding hydrogens is 126 g/mol. The molecule has 0 bridgehead atoms. The fourth-order valence-electron chi connectivity index (χ4n) is 0.558. The second-order valence-corrected chi connectivity index (χ2v) is 2.25. The molecule has 0 aromatic carbocycles. The molecule has 0 fully saturated rings. The van der Waals surface area contributed by atoms with Crippen molar-refractivity contribution >= 4 is 6.72 Å². The van der Waals surface area contributed by atoms with Gasteiger partial charge in [0, 0.05) is 0 Å². The van der Waals surface area contributed by atoms with Gasteiger partial charge in [0.2, 0.25) is 0 Å². The number of nitrogens with zero attached hydrogens (tertiary/aromatic N) is 1. The maximum Gasteiger partial charge on any atom is 0.170 e. The Balaban J connectivity index is 3.86. The first-order valence-corrected chi connectivity index (χ1v) is 3.00. The molecule has 56 valence electrons. The summed E-state index contributed by atoms with van der Waals surface area (Å²) in [5.41, 5.74) is 0.861. The van der Waals surface area contributed by atoms with Crippen molar-refractivity contribution in [1.82, 2.24) is 0 Å². The third-order valence-corrected chi connectivity index (χ3v) is 1.10. The number of hydrogen-bond acceptors (Lipinski definition) is 1. The maximum absolute atomic E-state index is 4.86. The van der Waals surface area contributed by atoms with Crippen LogP contribution in [0.4, 0.5) is 0 Å². The van der Waals surface area contributed by atoms with E-state index >= 15 is 0 Å². The quantitative estimate of drug-likeness (QED) is 0.246. The zero-order valence-electron chi connectivity index (χ0n) is 6.68. The molecule has 0 spiro atoms. The van der Waals surface area contributed by atoms with Gasteiger partial charge < -0.3 is 4.74 Å². The van der Waals surface area contributed by atoms with Crippen LogP contribution in [0.25, 0.3) is 0 Å². The van der Waals surface area contributed by atoms with E-state index in [9.17, 15) is 0 Å². The highest BCUT2D eigenvalue weighted by molar-refractivity contribution is 5.21. The summed E-state index contributed by atoms with van der Waals surface area (Å²) in [4.78, 5) is 0. The normalized spacial score (nSPS) is 8.60. The van der Waals surface area contributed by atoms with E-state index in [2.05, 4.69) is 19.9 Å². The van der Waals surface area contributed by atoms with Gasteiger partial charge in [-0.1, -0.05) is 13.2 Å². The van der Waals surface area contributed by atoms with Crippen molar-refractivity contribution in [3.63, 3.8) is 0 Å². The molecule has 0 saturated carbocycles. The van der Waals surface area contributed by atoms with E-state index in [4.69, 9.17) is 4.74 Å². The van der Waals surface area contributed by atoms with E-state index in [1.54, 1.807) is 11.7 Å². The zero-order valence-corrected chi connectivity index (χ0v) is 6.68. The van der Waals surface area contributed by atoms with E-state index in [-0.39, 0.29) is 0 Å². The summed E-state index contributed by atoms with van der Waals surface area (Å²) in [6, 6.07) is 0. The predicted octanol–water partition coefficient (Wildman–Crippen LogP) is 1.05. The molecule has 10 heavy (non-hydrogen) atoms. The summed E-state index contributed by atoms with van der Waals surface area (Å²) in [5, 5.41) is 0. The van der Waals surface area contributed by atoms with E-state index < -0.39 is 0 Å². The molecule has 0 aromatic heterocycles. The highest BCUT2D eigenvalue weighted by Gasteiger charge is 2.02. The fraction of sp³-hybridized carbons (Fsp3) is 0.375. The Kier molecular flexibility index (Phi) is 3.47. The number of rotatable bonds is 4. The van der Waals surface area contributed by atoms with Crippen LogP contribution in [-0.4, -0.2) is 32.0 Å². The van der Waals surface area contributed by atoms with Gasteiger partial charge in [0.15, 0.2) is 6.54 Å². The molecule has 0 radical (unpaired) electrons. The zero-order chi connectivity index (χ0) is 8.15. The first kappa shape index (κ1) is 8.95. The smallest absolute Gasteiger partial charge is 0.170 e. The third-order valence-electron chi connectivity index (χ3n) is 1.10. The van der Waals surface area contributed by atoms with E-state index in [1.807, 2.05) is 7.05 Å². The summed E-state index contributed by atoms with van der Waals surface area (Å²) in [7, 11) is 3.45. The molecule has 2 nitrogen and oxygen atoms in total. The van der Waals surface area contributed by atoms with Gasteiger partial charge in [0.25, 0.3) is 0 Å². The monoisotopic (exact) mass is 140 g/mol. The minimum Gasteiger partial charge on any atom is -0.497 e. The lowest BCUT2D eigenvalue weighted by molar-refractivity contribution is -0.479. The van der Waals surface area contributed by atoms with Crippen LogP contribution >= 0.6 is 0 Å². The molecular formula is C8H14NO+. The van der Waals surface area contributed by atoms with Crippen LogP contribution in [0.5, 0.6) is 0 Å². The Morgan fingerprint density at radius 2 is 2.00 bits per heavy atom. The van der Waals surface area contributed by atoms with Crippen LogP contribution in [0, 0.1) is 0 Å². The lowest BCUT2D eigenvalue weighted by Crippen LogP contribution is -2.08. The predicted molar refractivity (Wildman–Crippen MR) is 43.5 cm³/mol. The highest BCUT2D eigenvalue weighted by atomic mass is 16.5. The topological polar surface area (TPSA) is 12.2 Å². The van der Waals surface area contributed by atoms with Gasteiger partial charge in [-0.2, -0.15) is 0 Å². The summed E-state index contributed by atoms with van der Waals surface area (Å²) in [5.74, 6) is 0.621. The Morgan fingerprint density at radius 3 is 2.30 bits per heavy atom. The molecule has 0 aliphatic carbocycles. The minimum absolute atomic E-state index is 0.621. The van der Waals surface area contributed by atoms with Gasteiger partial charge in [-0.15, -0.1) is 0 Å². The number of likely N-dealkylation sites (N-methyl/N-ethyl adjacent to an activating group) is 1. The summed E-state index contributed by atoms with van der Waals surface area (Å²) < 4.78 is 6.63. The molecule has 0 N–H and O–H groups in total. The average Bonchev–Trinajstić information content (AvgIpc) is 1.85. The van der Waals surface area contributed by atoms with Crippen LogP contribution in [0.2, 0.25) is 0 Å².